The van der Waals surface area contributed by atoms with Gasteiger partial charge < -0.3 is 9.84 Å². The molecule has 5 aromatic rings. The van der Waals surface area contributed by atoms with Crippen LogP contribution in [0.5, 0.6) is 0 Å². The van der Waals surface area contributed by atoms with Gasteiger partial charge in [0.15, 0.2) is 5.79 Å². The second-order valence-electron chi connectivity index (χ2n) is 11.3. The molecule has 0 aromatic heterocycles. The maximum atomic E-state index is 12.0. The number of ether oxygens (including phenoxy) is 1. The molecule has 6 rings (SSSR count). The molecule has 1 fully saturated rings. The zero-order chi connectivity index (χ0) is 30.0. The van der Waals surface area contributed by atoms with Crippen molar-refractivity contribution in [2.45, 2.75) is 51.4 Å². The fourth-order valence-electron chi connectivity index (χ4n) is 6.53. The normalized spacial score (nSPS) is 18.8. The van der Waals surface area contributed by atoms with E-state index in [0.29, 0.717) is 18.8 Å². The molecular weight excluding hydrogens is 543 g/mol. The lowest BCUT2D eigenvalue weighted by Gasteiger charge is -2.32. The minimum atomic E-state index is -1.97. The molecule has 1 unspecified atom stereocenters. The largest absolute Gasteiger partial charge is 0.365 e. The molecule has 0 amide bonds. The van der Waals surface area contributed by atoms with Crippen LogP contribution in [0.1, 0.15) is 50.3 Å². The summed E-state index contributed by atoms with van der Waals surface area (Å²) in [6, 6.07) is 53.9. The van der Waals surface area contributed by atoms with Crippen molar-refractivity contribution in [3.63, 3.8) is 0 Å². The average molecular weight is 588 g/mol. The quantitative estimate of drug-likeness (QED) is 0.131. The molecule has 5 aromatic carbocycles. The zero-order valence-corrected chi connectivity index (χ0v) is 26.3. The van der Waals surface area contributed by atoms with Gasteiger partial charge in [-0.05, 0) is 59.9 Å². The molecule has 3 heteroatoms. The summed E-state index contributed by atoms with van der Waals surface area (Å²) >= 11 is 0. The van der Waals surface area contributed by atoms with Crippen LogP contribution in [0.15, 0.2) is 152 Å². The predicted molar refractivity (Wildman–Crippen MR) is 184 cm³/mol. The number of aliphatic hydroxyl groups is 1. The van der Waals surface area contributed by atoms with Gasteiger partial charge in [0.05, 0.1) is 12.3 Å². The highest BCUT2D eigenvalue weighted by molar-refractivity contribution is 7.95. The Balaban J connectivity index is 0.00000180. The van der Waals surface area contributed by atoms with E-state index >= 15 is 0 Å². The molecule has 0 heterocycles. The topological polar surface area (TPSA) is 29.5 Å². The first-order valence-electron chi connectivity index (χ1n) is 15.7. The van der Waals surface area contributed by atoms with E-state index in [2.05, 4.69) is 140 Å². The van der Waals surface area contributed by atoms with E-state index in [1.165, 1.54) is 21.5 Å². The molecule has 1 N–H and O–H groups in total. The molecule has 1 aliphatic rings. The number of rotatable bonds is 10. The van der Waals surface area contributed by atoms with Crippen molar-refractivity contribution in [3.05, 3.63) is 163 Å². The van der Waals surface area contributed by atoms with Crippen LogP contribution in [0.2, 0.25) is 0 Å². The Morgan fingerprint density at radius 2 is 1.07 bits per heavy atom. The first-order valence-corrected chi connectivity index (χ1v) is 17.7. The Hall–Kier alpha value is -3.55. The second kappa shape index (κ2) is 14.8. The van der Waals surface area contributed by atoms with E-state index in [1.54, 1.807) is 0 Å². The summed E-state index contributed by atoms with van der Waals surface area (Å²) < 4.78 is 6.72. The van der Waals surface area contributed by atoms with Crippen LogP contribution in [0.3, 0.4) is 0 Å². The lowest BCUT2D eigenvalue weighted by Crippen LogP contribution is -2.36. The fourth-order valence-corrected chi connectivity index (χ4v) is 11.2. The summed E-state index contributed by atoms with van der Waals surface area (Å²) in [5.41, 5.74) is 2.31. The van der Waals surface area contributed by atoms with Crippen molar-refractivity contribution in [2.24, 2.45) is 5.92 Å². The standard InChI is InChI=1S/C38H38O2P.C2H6/c39-38(40-37(33-18-8-2-9-19-33)28-31-16-6-1-7-17-31)27-26-32(29-38)30-41(34-20-10-3-11-21-34,35-22-12-4-13-23-35)36-24-14-5-15-25-36;1-2/h1-25,32,37,39H,26-30H2;1-2H3/q+1;/t32-,37-,38?;/m0./s1. The van der Waals surface area contributed by atoms with Crippen LogP contribution in [-0.4, -0.2) is 17.1 Å². The summed E-state index contributed by atoms with van der Waals surface area (Å²) in [6.45, 7) is 4.00. The van der Waals surface area contributed by atoms with Crippen LogP contribution in [0.4, 0.5) is 0 Å². The van der Waals surface area contributed by atoms with Crippen molar-refractivity contribution in [2.75, 3.05) is 6.16 Å². The van der Waals surface area contributed by atoms with E-state index in [-0.39, 0.29) is 6.10 Å². The Morgan fingerprint density at radius 1 is 0.651 bits per heavy atom. The first-order chi connectivity index (χ1) is 21.1. The third-order valence-corrected chi connectivity index (χ3v) is 13.1. The second-order valence-corrected chi connectivity index (χ2v) is 14.8. The van der Waals surface area contributed by atoms with Crippen LogP contribution in [-0.2, 0) is 11.2 Å². The van der Waals surface area contributed by atoms with Crippen LogP contribution in [0.25, 0.3) is 0 Å². The van der Waals surface area contributed by atoms with Gasteiger partial charge >= 0.3 is 0 Å². The van der Waals surface area contributed by atoms with E-state index in [4.69, 9.17) is 4.74 Å². The van der Waals surface area contributed by atoms with E-state index in [9.17, 15) is 5.11 Å². The molecule has 2 nitrogen and oxygen atoms in total. The van der Waals surface area contributed by atoms with Crippen molar-refractivity contribution < 1.29 is 9.84 Å². The summed E-state index contributed by atoms with van der Waals surface area (Å²) in [4.78, 5) is 0. The minimum Gasteiger partial charge on any atom is -0.365 e. The Labute approximate surface area is 258 Å². The average Bonchev–Trinajstić information content (AvgIpc) is 3.46. The first kappa shape index (κ1) is 30.9. The monoisotopic (exact) mass is 587 g/mol. The SMILES string of the molecule is CC.OC1(O[C@@H](Cc2ccccc2)c2ccccc2)CC[C@H](C[P+](c2ccccc2)(c2ccccc2)c2ccccc2)C1. The fraction of sp³-hybridized carbons (Fsp3) is 0.250. The summed E-state index contributed by atoms with van der Waals surface area (Å²) in [7, 11) is -1.97. The number of hydrogen-bond acceptors (Lipinski definition) is 2. The van der Waals surface area contributed by atoms with E-state index in [1.807, 2.05) is 26.0 Å². The molecule has 1 aliphatic carbocycles. The smallest absolute Gasteiger partial charge is 0.166 e. The molecule has 0 bridgehead atoms. The van der Waals surface area contributed by atoms with Crippen molar-refractivity contribution in [1.29, 1.82) is 0 Å². The molecule has 0 radical (unpaired) electrons. The van der Waals surface area contributed by atoms with Crippen molar-refractivity contribution >= 4 is 23.2 Å². The molecular formula is C40H44O2P+. The third-order valence-electron chi connectivity index (χ3n) is 8.47. The van der Waals surface area contributed by atoms with Crippen molar-refractivity contribution in [1.82, 2.24) is 0 Å². The van der Waals surface area contributed by atoms with Gasteiger partial charge in [0, 0.05) is 19.3 Å². The summed E-state index contributed by atoms with van der Waals surface area (Å²) in [5, 5.41) is 16.1. The third kappa shape index (κ3) is 7.34. The summed E-state index contributed by atoms with van der Waals surface area (Å²) in [5.74, 6) is -0.818. The highest BCUT2D eigenvalue weighted by Crippen LogP contribution is 2.59. The lowest BCUT2D eigenvalue weighted by molar-refractivity contribution is -0.228. The van der Waals surface area contributed by atoms with E-state index in [0.717, 1.165) is 24.6 Å². The highest BCUT2D eigenvalue weighted by Gasteiger charge is 2.51. The Morgan fingerprint density at radius 3 is 1.53 bits per heavy atom. The molecule has 0 aliphatic heterocycles. The maximum absolute atomic E-state index is 12.0. The Bertz CT molecular complexity index is 1400. The summed E-state index contributed by atoms with van der Waals surface area (Å²) in [6.07, 6.45) is 3.75. The van der Waals surface area contributed by atoms with Crippen LogP contribution in [0, 0.1) is 5.92 Å². The Kier molecular flexibility index (Phi) is 10.6. The molecule has 0 saturated heterocycles. The van der Waals surface area contributed by atoms with Gasteiger partial charge in [-0.25, -0.2) is 0 Å². The van der Waals surface area contributed by atoms with Gasteiger partial charge in [0.2, 0.25) is 0 Å². The van der Waals surface area contributed by atoms with Gasteiger partial charge in [-0.3, -0.25) is 0 Å². The maximum Gasteiger partial charge on any atom is 0.166 e. The molecule has 43 heavy (non-hydrogen) atoms. The van der Waals surface area contributed by atoms with Crippen LogP contribution >= 0.6 is 7.26 Å². The molecule has 1 saturated carbocycles. The molecule has 3 atom stereocenters. The zero-order valence-electron chi connectivity index (χ0n) is 25.4. The van der Waals surface area contributed by atoms with Gasteiger partial charge in [-0.15, -0.1) is 0 Å². The van der Waals surface area contributed by atoms with Gasteiger partial charge in [-0.1, -0.05) is 129 Å². The highest BCUT2D eigenvalue weighted by atomic mass is 31.2. The van der Waals surface area contributed by atoms with Gasteiger partial charge in [0.1, 0.15) is 23.2 Å². The van der Waals surface area contributed by atoms with E-state index < -0.39 is 13.0 Å². The number of benzene rings is 5. The molecule has 220 valence electrons. The minimum absolute atomic E-state index is 0.209. The lowest BCUT2D eigenvalue weighted by atomic mass is 10.0. The van der Waals surface area contributed by atoms with Gasteiger partial charge in [0.25, 0.3) is 0 Å². The predicted octanol–water partition coefficient (Wildman–Crippen LogP) is 8.50. The number of hydrogen-bond donors (Lipinski definition) is 1. The van der Waals surface area contributed by atoms with Crippen LogP contribution < -0.4 is 15.9 Å². The van der Waals surface area contributed by atoms with Gasteiger partial charge in [-0.2, -0.15) is 0 Å². The van der Waals surface area contributed by atoms with Crippen molar-refractivity contribution in [3.8, 4) is 0 Å². The molecule has 0 spiro atoms.